The van der Waals surface area contributed by atoms with Crippen molar-refractivity contribution in [2.75, 3.05) is 13.7 Å². The van der Waals surface area contributed by atoms with E-state index in [1.807, 2.05) is 72.8 Å². The fraction of sp³-hybridized carbons (Fsp3) is 0.280. The average molecular weight is 422 g/mol. The summed E-state index contributed by atoms with van der Waals surface area (Å²) >= 11 is 0. The molecule has 6 heteroatoms. The van der Waals surface area contributed by atoms with E-state index in [0.29, 0.717) is 11.5 Å². The maximum Gasteiger partial charge on any atom is 0.197 e. The van der Waals surface area contributed by atoms with Crippen LogP contribution in [0.25, 0.3) is 11.1 Å². The molecule has 3 aromatic rings. The van der Waals surface area contributed by atoms with Gasteiger partial charge in [-0.1, -0.05) is 60.7 Å². The minimum Gasteiger partial charge on any atom is -0.491 e. The molecule has 0 bridgehead atoms. The monoisotopic (exact) mass is 422 g/mol. The lowest BCUT2D eigenvalue weighted by Crippen LogP contribution is -2.61. The number of para-hydroxylation sites is 1. The number of hydrogen-bond donors (Lipinski definition) is 2. The Labute approximate surface area is 181 Å². The third kappa shape index (κ3) is 5.06. The summed E-state index contributed by atoms with van der Waals surface area (Å²) in [6, 6.07) is 26.8. The van der Waals surface area contributed by atoms with Crippen molar-refractivity contribution in [2.45, 2.75) is 30.7 Å². The second kappa shape index (κ2) is 9.94. The summed E-state index contributed by atoms with van der Waals surface area (Å²) in [5, 5.41) is 21.2. The highest BCUT2D eigenvalue weighted by atomic mass is 16.7. The lowest BCUT2D eigenvalue weighted by molar-refractivity contribution is -0.287. The van der Waals surface area contributed by atoms with Crippen LogP contribution < -0.4 is 9.47 Å². The van der Waals surface area contributed by atoms with Crippen LogP contribution in [0.2, 0.25) is 0 Å². The van der Waals surface area contributed by atoms with Crippen LogP contribution in [0.5, 0.6) is 11.5 Å². The second-order valence-corrected chi connectivity index (χ2v) is 7.36. The summed E-state index contributed by atoms with van der Waals surface area (Å²) in [6.45, 7) is 0.0564. The Morgan fingerprint density at radius 1 is 0.742 bits per heavy atom. The van der Waals surface area contributed by atoms with Crippen LogP contribution >= 0.6 is 0 Å². The van der Waals surface area contributed by atoms with Crippen LogP contribution in [-0.4, -0.2) is 54.6 Å². The predicted molar refractivity (Wildman–Crippen MR) is 116 cm³/mol. The molecule has 1 heterocycles. The van der Waals surface area contributed by atoms with Crippen molar-refractivity contribution in [1.82, 2.24) is 0 Å². The molecule has 5 atom stereocenters. The Bertz CT molecular complexity index is 929. The Morgan fingerprint density at radius 3 is 2.00 bits per heavy atom. The zero-order chi connectivity index (χ0) is 21.6. The highest BCUT2D eigenvalue weighted by Crippen LogP contribution is 2.27. The standard InChI is InChI=1S/C25H26O6/c1-28-25-24(30-20-10-6-3-7-11-20)23(27)22(26)21(31-25)16-29-19-14-12-18(13-15-19)17-8-4-2-5-9-17/h2-15,21-27H,16H2,1H3/t21-,22-,23+,24-,25-/m1/s1. The minimum atomic E-state index is -1.20. The van der Waals surface area contributed by atoms with Gasteiger partial charge in [0, 0.05) is 7.11 Å². The van der Waals surface area contributed by atoms with Crippen LogP contribution in [0, 0.1) is 0 Å². The highest BCUT2D eigenvalue weighted by molar-refractivity contribution is 5.63. The van der Waals surface area contributed by atoms with Gasteiger partial charge in [-0.3, -0.25) is 0 Å². The van der Waals surface area contributed by atoms with Crippen LogP contribution in [0.15, 0.2) is 84.9 Å². The van der Waals surface area contributed by atoms with Gasteiger partial charge in [-0.05, 0) is 35.4 Å². The van der Waals surface area contributed by atoms with Gasteiger partial charge in [-0.15, -0.1) is 0 Å². The molecule has 1 fully saturated rings. The van der Waals surface area contributed by atoms with Crippen LogP contribution in [0.1, 0.15) is 0 Å². The Morgan fingerprint density at radius 2 is 1.35 bits per heavy atom. The summed E-state index contributed by atoms with van der Waals surface area (Å²) in [4.78, 5) is 0. The second-order valence-electron chi connectivity index (χ2n) is 7.36. The fourth-order valence-electron chi connectivity index (χ4n) is 3.57. The lowest BCUT2D eigenvalue weighted by Gasteiger charge is -2.41. The number of hydrogen-bond acceptors (Lipinski definition) is 6. The van der Waals surface area contributed by atoms with E-state index in [9.17, 15) is 10.2 Å². The first-order valence-electron chi connectivity index (χ1n) is 10.2. The quantitative estimate of drug-likeness (QED) is 0.609. The summed E-state index contributed by atoms with van der Waals surface area (Å²) in [5.41, 5.74) is 2.20. The summed E-state index contributed by atoms with van der Waals surface area (Å²) < 4.78 is 22.8. The van der Waals surface area contributed by atoms with Gasteiger partial charge in [0.05, 0.1) is 0 Å². The van der Waals surface area contributed by atoms with Gasteiger partial charge < -0.3 is 29.2 Å². The molecule has 3 aromatic carbocycles. The van der Waals surface area contributed by atoms with Crippen molar-refractivity contribution in [3.63, 3.8) is 0 Å². The smallest absolute Gasteiger partial charge is 0.197 e. The van der Waals surface area contributed by atoms with Crippen LogP contribution in [-0.2, 0) is 9.47 Å². The van der Waals surface area contributed by atoms with E-state index in [2.05, 4.69) is 0 Å². The molecule has 0 aromatic heterocycles. The van der Waals surface area contributed by atoms with Crippen molar-refractivity contribution in [3.8, 4) is 22.6 Å². The fourth-order valence-corrected chi connectivity index (χ4v) is 3.57. The number of rotatable bonds is 7. The van der Waals surface area contributed by atoms with Gasteiger partial charge in [0.2, 0.25) is 0 Å². The van der Waals surface area contributed by atoms with Crippen molar-refractivity contribution in [3.05, 3.63) is 84.9 Å². The first-order chi connectivity index (χ1) is 15.2. The van der Waals surface area contributed by atoms with Gasteiger partial charge in [0.15, 0.2) is 12.4 Å². The number of ether oxygens (including phenoxy) is 4. The molecule has 162 valence electrons. The molecule has 0 spiro atoms. The summed E-state index contributed by atoms with van der Waals surface area (Å²) in [7, 11) is 1.47. The predicted octanol–water partition coefficient (Wildman–Crippen LogP) is 3.27. The van der Waals surface area contributed by atoms with Gasteiger partial charge >= 0.3 is 0 Å². The van der Waals surface area contributed by atoms with E-state index in [1.54, 1.807) is 12.1 Å². The number of aliphatic hydroxyl groups is 2. The van der Waals surface area contributed by atoms with Crippen molar-refractivity contribution in [1.29, 1.82) is 0 Å². The van der Waals surface area contributed by atoms with Gasteiger partial charge in [0.1, 0.15) is 36.4 Å². The SMILES string of the molecule is CO[C@@H]1O[C@H](COc2ccc(-c3ccccc3)cc2)[C@@H](O)[C@H](O)[C@H]1Oc1ccccc1. The van der Waals surface area contributed by atoms with Gasteiger partial charge in [-0.2, -0.15) is 0 Å². The van der Waals surface area contributed by atoms with Gasteiger partial charge in [0.25, 0.3) is 0 Å². The van der Waals surface area contributed by atoms with E-state index in [-0.39, 0.29) is 6.61 Å². The molecule has 2 N–H and O–H groups in total. The molecule has 1 saturated heterocycles. The third-order valence-electron chi connectivity index (χ3n) is 5.27. The van der Waals surface area contributed by atoms with E-state index in [4.69, 9.17) is 18.9 Å². The first kappa shape index (κ1) is 21.3. The summed E-state index contributed by atoms with van der Waals surface area (Å²) in [5.74, 6) is 1.19. The van der Waals surface area contributed by atoms with E-state index in [0.717, 1.165) is 11.1 Å². The molecule has 31 heavy (non-hydrogen) atoms. The first-order valence-corrected chi connectivity index (χ1v) is 10.2. The maximum absolute atomic E-state index is 10.6. The molecule has 0 saturated carbocycles. The Hall–Kier alpha value is -2.90. The van der Waals surface area contributed by atoms with Crippen LogP contribution in [0.3, 0.4) is 0 Å². The molecular weight excluding hydrogens is 396 g/mol. The minimum absolute atomic E-state index is 0.0564. The molecular formula is C25H26O6. The molecule has 0 amide bonds. The lowest BCUT2D eigenvalue weighted by atomic mass is 9.99. The van der Waals surface area contributed by atoms with E-state index >= 15 is 0 Å². The molecule has 4 rings (SSSR count). The topological polar surface area (TPSA) is 77.4 Å². The molecule has 6 nitrogen and oxygen atoms in total. The van der Waals surface area contributed by atoms with Crippen molar-refractivity contribution >= 4 is 0 Å². The Balaban J connectivity index is 1.38. The normalized spacial score (nSPS) is 25.7. The number of methoxy groups -OCH3 is 1. The van der Waals surface area contributed by atoms with E-state index in [1.165, 1.54) is 7.11 Å². The largest absolute Gasteiger partial charge is 0.491 e. The zero-order valence-electron chi connectivity index (χ0n) is 17.2. The molecule has 0 unspecified atom stereocenters. The van der Waals surface area contributed by atoms with Crippen molar-refractivity contribution < 1.29 is 29.2 Å². The highest BCUT2D eigenvalue weighted by Gasteiger charge is 2.46. The molecule has 1 aliphatic rings. The average Bonchev–Trinajstić information content (AvgIpc) is 2.83. The molecule has 0 aliphatic carbocycles. The van der Waals surface area contributed by atoms with E-state index < -0.39 is 30.7 Å². The zero-order valence-corrected chi connectivity index (χ0v) is 17.2. The molecule has 1 aliphatic heterocycles. The third-order valence-corrected chi connectivity index (χ3v) is 5.27. The number of aliphatic hydroxyl groups excluding tert-OH is 2. The van der Waals surface area contributed by atoms with Gasteiger partial charge in [-0.25, -0.2) is 0 Å². The maximum atomic E-state index is 10.6. The molecule has 0 radical (unpaired) electrons. The van der Waals surface area contributed by atoms with Crippen LogP contribution in [0.4, 0.5) is 0 Å². The van der Waals surface area contributed by atoms with Crippen molar-refractivity contribution in [2.24, 2.45) is 0 Å². The number of benzene rings is 3. The Kier molecular flexibility index (Phi) is 6.84. The summed E-state index contributed by atoms with van der Waals surface area (Å²) in [6.07, 6.45) is -4.89.